The van der Waals surface area contributed by atoms with Gasteiger partial charge in [0.25, 0.3) is 0 Å². The van der Waals surface area contributed by atoms with Crippen LogP contribution in [-0.2, 0) is 6.54 Å². The molecule has 1 aliphatic heterocycles. The van der Waals surface area contributed by atoms with Crippen molar-refractivity contribution >= 4 is 11.8 Å². The normalized spacial score (nSPS) is 15.6. The van der Waals surface area contributed by atoms with Gasteiger partial charge in [0.1, 0.15) is 11.6 Å². The van der Waals surface area contributed by atoms with E-state index >= 15 is 0 Å². The number of pyridine rings is 1. The van der Waals surface area contributed by atoms with E-state index in [1.165, 1.54) is 12.8 Å². The first-order valence-electron chi connectivity index (χ1n) is 10.1. The Morgan fingerprint density at radius 3 is 2.68 bits per heavy atom. The van der Waals surface area contributed by atoms with Gasteiger partial charge in [-0.25, -0.2) is 14.4 Å². The number of halogens is 1. The number of rotatable bonds is 6. The molecule has 0 amide bonds. The molecule has 1 fully saturated rings. The van der Waals surface area contributed by atoms with Crippen molar-refractivity contribution in [2.24, 2.45) is 4.99 Å². The zero-order chi connectivity index (χ0) is 19.9. The Bertz CT molecular complexity index is 797. The van der Waals surface area contributed by atoms with Crippen molar-refractivity contribution in [3.8, 4) is 0 Å². The van der Waals surface area contributed by atoms with Crippen LogP contribution < -0.4 is 15.5 Å². The van der Waals surface area contributed by atoms with E-state index in [4.69, 9.17) is 0 Å². The number of nitrogens with zero attached hydrogens (tertiary/aromatic N) is 3. The zero-order valence-electron chi connectivity index (χ0n) is 17.0. The van der Waals surface area contributed by atoms with Crippen LogP contribution in [0.2, 0.25) is 0 Å². The first kappa shape index (κ1) is 20.1. The molecule has 0 saturated carbocycles. The predicted octanol–water partition coefficient (Wildman–Crippen LogP) is 3.95. The SMILES string of the molecule is CCNC(=NCc1ccc(N2CCCC2)nc1)NC(C)c1ccc(C)c(F)c1. The standard InChI is InChI=1S/C22H30FN5/c1-4-24-22(27-17(3)19-9-7-16(2)20(23)13-19)26-15-18-8-10-21(25-14-18)28-11-5-6-12-28/h7-10,13-14,17H,4-6,11-12,15H2,1-3H3,(H2,24,26,27). The number of aryl methyl sites for hydroxylation is 1. The van der Waals surface area contributed by atoms with E-state index in [0.717, 1.165) is 36.6 Å². The van der Waals surface area contributed by atoms with E-state index in [1.807, 2.05) is 26.1 Å². The molecular formula is C22H30FN5. The molecule has 1 atom stereocenters. The average Bonchev–Trinajstić information content (AvgIpc) is 3.23. The fourth-order valence-corrected chi connectivity index (χ4v) is 3.30. The Balaban J connectivity index is 1.63. The number of nitrogens with one attached hydrogen (secondary N) is 2. The highest BCUT2D eigenvalue weighted by Gasteiger charge is 2.13. The van der Waals surface area contributed by atoms with E-state index in [2.05, 4.69) is 37.6 Å². The maximum absolute atomic E-state index is 13.9. The van der Waals surface area contributed by atoms with E-state index in [1.54, 1.807) is 19.1 Å². The van der Waals surface area contributed by atoms with Gasteiger partial charge in [-0.15, -0.1) is 0 Å². The van der Waals surface area contributed by atoms with Crippen molar-refractivity contribution in [2.45, 2.75) is 46.2 Å². The van der Waals surface area contributed by atoms with Gasteiger partial charge in [-0.1, -0.05) is 18.2 Å². The van der Waals surface area contributed by atoms with Gasteiger partial charge >= 0.3 is 0 Å². The highest BCUT2D eigenvalue weighted by atomic mass is 19.1. The van der Waals surface area contributed by atoms with Gasteiger partial charge in [-0.3, -0.25) is 0 Å². The maximum atomic E-state index is 13.9. The second-order valence-electron chi connectivity index (χ2n) is 7.29. The summed E-state index contributed by atoms with van der Waals surface area (Å²) in [5.41, 5.74) is 2.61. The van der Waals surface area contributed by atoms with Crippen molar-refractivity contribution < 1.29 is 4.39 Å². The number of aliphatic imine (C=N–C) groups is 1. The molecule has 0 radical (unpaired) electrons. The van der Waals surface area contributed by atoms with Gasteiger partial charge in [0, 0.05) is 25.8 Å². The van der Waals surface area contributed by atoms with Gasteiger partial charge in [-0.2, -0.15) is 0 Å². The second kappa shape index (κ2) is 9.53. The smallest absolute Gasteiger partial charge is 0.192 e. The van der Waals surface area contributed by atoms with Crippen molar-refractivity contribution in [2.75, 3.05) is 24.5 Å². The van der Waals surface area contributed by atoms with Crippen LogP contribution in [0.3, 0.4) is 0 Å². The number of aromatic nitrogens is 1. The maximum Gasteiger partial charge on any atom is 0.192 e. The molecule has 1 aromatic heterocycles. The molecule has 0 aliphatic carbocycles. The summed E-state index contributed by atoms with van der Waals surface area (Å²) in [6.07, 6.45) is 4.39. The van der Waals surface area contributed by atoms with E-state index in [0.29, 0.717) is 18.1 Å². The van der Waals surface area contributed by atoms with E-state index in [-0.39, 0.29) is 11.9 Å². The molecule has 1 aliphatic rings. The van der Waals surface area contributed by atoms with Gasteiger partial charge in [0.15, 0.2) is 5.96 Å². The molecule has 28 heavy (non-hydrogen) atoms. The first-order chi connectivity index (χ1) is 13.6. The highest BCUT2D eigenvalue weighted by Crippen LogP contribution is 2.18. The second-order valence-corrected chi connectivity index (χ2v) is 7.29. The Morgan fingerprint density at radius 2 is 2.04 bits per heavy atom. The van der Waals surface area contributed by atoms with Gasteiger partial charge in [0.05, 0.1) is 12.6 Å². The molecule has 5 nitrogen and oxygen atoms in total. The molecule has 2 N–H and O–H groups in total. The lowest BCUT2D eigenvalue weighted by Gasteiger charge is -2.19. The minimum Gasteiger partial charge on any atom is -0.357 e. The van der Waals surface area contributed by atoms with Gasteiger partial charge in [0.2, 0.25) is 0 Å². The summed E-state index contributed by atoms with van der Waals surface area (Å²) >= 11 is 0. The number of guanidine groups is 1. The summed E-state index contributed by atoms with van der Waals surface area (Å²) in [5.74, 6) is 1.57. The third kappa shape index (κ3) is 5.21. The summed E-state index contributed by atoms with van der Waals surface area (Å²) in [6.45, 7) is 9.28. The van der Waals surface area contributed by atoms with Crippen LogP contribution in [-0.4, -0.2) is 30.6 Å². The molecule has 2 heterocycles. The van der Waals surface area contributed by atoms with Crippen LogP contribution in [0, 0.1) is 12.7 Å². The molecule has 2 aromatic rings. The molecule has 6 heteroatoms. The van der Waals surface area contributed by atoms with Crippen molar-refractivity contribution in [1.82, 2.24) is 15.6 Å². The molecule has 3 rings (SSSR count). The van der Waals surface area contributed by atoms with Crippen LogP contribution in [0.1, 0.15) is 49.4 Å². The van der Waals surface area contributed by atoms with Crippen LogP contribution in [0.5, 0.6) is 0 Å². The Labute approximate surface area is 167 Å². The van der Waals surface area contributed by atoms with Crippen LogP contribution in [0.15, 0.2) is 41.5 Å². The largest absolute Gasteiger partial charge is 0.357 e. The number of hydrogen-bond acceptors (Lipinski definition) is 3. The van der Waals surface area contributed by atoms with Gasteiger partial charge in [-0.05, 0) is 62.4 Å². The summed E-state index contributed by atoms with van der Waals surface area (Å²) in [5, 5.41) is 6.60. The molecule has 1 saturated heterocycles. The third-order valence-corrected chi connectivity index (χ3v) is 5.05. The summed E-state index contributed by atoms with van der Waals surface area (Å²) in [6, 6.07) is 9.45. The molecular weight excluding hydrogens is 353 g/mol. The lowest BCUT2D eigenvalue weighted by atomic mass is 10.1. The fourth-order valence-electron chi connectivity index (χ4n) is 3.30. The summed E-state index contributed by atoms with van der Waals surface area (Å²) in [7, 11) is 0. The topological polar surface area (TPSA) is 52.6 Å². The van der Waals surface area contributed by atoms with Crippen LogP contribution >= 0.6 is 0 Å². The van der Waals surface area contributed by atoms with Crippen molar-refractivity contribution in [1.29, 1.82) is 0 Å². The quantitative estimate of drug-likeness (QED) is 0.586. The lowest BCUT2D eigenvalue weighted by molar-refractivity contribution is 0.607. The number of anilines is 1. The van der Waals surface area contributed by atoms with Crippen LogP contribution in [0.25, 0.3) is 0 Å². The van der Waals surface area contributed by atoms with Crippen LogP contribution in [0.4, 0.5) is 10.2 Å². The number of benzene rings is 1. The molecule has 0 bridgehead atoms. The Kier molecular flexibility index (Phi) is 6.85. The van der Waals surface area contributed by atoms with Crippen molar-refractivity contribution in [3.05, 3.63) is 59.0 Å². The van der Waals surface area contributed by atoms with Crippen molar-refractivity contribution in [3.63, 3.8) is 0 Å². The van der Waals surface area contributed by atoms with E-state index in [9.17, 15) is 4.39 Å². The summed E-state index contributed by atoms with van der Waals surface area (Å²) in [4.78, 5) is 11.6. The third-order valence-electron chi connectivity index (χ3n) is 5.05. The monoisotopic (exact) mass is 383 g/mol. The molecule has 1 aromatic carbocycles. The molecule has 0 spiro atoms. The Morgan fingerprint density at radius 1 is 1.25 bits per heavy atom. The molecule has 1 unspecified atom stereocenters. The predicted molar refractivity (Wildman–Crippen MR) is 113 cm³/mol. The summed E-state index contributed by atoms with van der Waals surface area (Å²) < 4.78 is 13.9. The first-order valence-corrected chi connectivity index (χ1v) is 10.1. The highest BCUT2D eigenvalue weighted by molar-refractivity contribution is 5.80. The van der Waals surface area contributed by atoms with Gasteiger partial charge < -0.3 is 15.5 Å². The average molecular weight is 384 g/mol. The Hall–Kier alpha value is -2.63. The van der Waals surface area contributed by atoms with E-state index < -0.39 is 0 Å². The number of hydrogen-bond donors (Lipinski definition) is 2. The zero-order valence-corrected chi connectivity index (χ0v) is 17.0. The minimum absolute atomic E-state index is 0.0523. The lowest BCUT2D eigenvalue weighted by Crippen LogP contribution is -2.38. The minimum atomic E-state index is -0.183. The molecule has 150 valence electrons. The fraction of sp³-hybridized carbons (Fsp3) is 0.455.